The van der Waals surface area contributed by atoms with Crippen LogP contribution in [-0.2, 0) is 10.9 Å². The Bertz CT molecular complexity index is 973. The van der Waals surface area contributed by atoms with Crippen LogP contribution in [0.2, 0.25) is 0 Å². The lowest BCUT2D eigenvalue weighted by atomic mass is 10.0. The van der Waals surface area contributed by atoms with Crippen LogP contribution in [0.25, 0.3) is 22.5 Å². The number of nitrogens with zero attached hydrogens (tertiary/aromatic N) is 3. The minimum atomic E-state index is -4.59. The summed E-state index contributed by atoms with van der Waals surface area (Å²) < 4.78 is 56.0. The van der Waals surface area contributed by atoms with E-state index in [0.717, 1.165) is 12.5 Å². The number of anilines is 1. The molecule has 3 aromatic rings. The number of rotatable bonds is 7. The van der Waals surface area contributed by atoms with Crippen molar-refractivity contribution in [1.29, 1.82) is 0 Å². The number of ether oxygens (including phenoxy) is 2. The Hall–Kier alpha value is -2.88. The van der Waals surface area contributed by atoms with E-state index in [1.54, 1.807) is 20.1 Å². The molecule has 150 valence electrons. The maximum absolute atomic E-state index is 13.5. The Kier molecular flexibility index (Phi) is 5.68. The number of fused-ring (bicyclic) bond motifs is 1. The fraction of sp³-hybridized carbons (Fsp3) is 0.389. The van der Waals surface area contributed by atoms with Gasteiger partial charge in [-0.2, -0.15) is 13.2 Å². The molecule has 0 radical (unpaired) electrons. The van der Waals surface area contributed by atoms with E-state index >= 15 is 0 Å². The summed E-state index contributed by atoms with van der Waals surface area (Å²) in [5.74, 6) is 0.140. The lowest BCUT2D eigenvalue weighted by Crippen LogP contribution is -2.08. The van der Waals surface area contributed by atoms with Crippen LogP contribution in [-0.4, -0.2) is 42.6 Å². The van der Waals surface area contributed by atoms with Crippen molar-refractivity contribution < 1.29 is 27.1 Å². The third-order valence-electron chi connectivity index (χ3n) is 4.08. The van der Waals surface area contributed by atoms with Crippen molar-refractivity contribution >= 4 is 16.9 Å². The maximum atomic E-state index is 13.5. The van der Waals surface area contributed by atoms with Gasteiger partial charge in [0, 0.05) is 25.6 Å². The van der Waals surface area contributed by atoms with E-state index < -0.39 is 11.7 Å². The van der Waals surface area contributed by atoms with Crippen molar-refractivity contribution in [2.75, 3.05) is 32.7 Å². The quantitative estimate of drug-likeness (QED) is 0.603. The lowest BCUT2D eigenvalue weighted by molar-refractivity contribution is -0.136. The second-order valence-electron chi connectivity index (χ2n) is 6.08. The molecule has 1 N–H and O–H groups in total. The summed E-state index contributed by atoms with van der Waals surface area (Å²) >= 11 is 0. The SMILES string of the molecule is COCCCNc1nnc(-c2cc(C)c3cc(OC)cc(C(F)(F)F)c3n2)o1. The molecule has 0 aliphatic heterocycles. The van der Waals surface area contributed by atoms with Gasteiger partial charge >= 0.3 is 12.2 Å². The third-order valence-corrected chi connectivity index (χ3v) is 4.08. The van der Waals surface area contributed by atoms with Crippen LogP contribution >= 0.6 is 0 Å². The lowest BCUT2D eigenvalue weighted by Gasteiger charge is -2.14. The van der Waals surface area contributed by atoms with Crippen LogP contribution in [0.1, 0.15) is 17.5 Å². The van der Waals surface area contributed by atoms with Crippen LogP contribution in [0.15, 0.2) is 22.6 Å². The molecular weight excluding hydrogens is 377 g/mol. The number of aryl methyl sites for hydroxylation is 1. The van der Waals surface area contributed by atoms with Gasteiger partial charge in [-0.3, -0.25) is 0 Å². The zero-order valence-corrected chi connectivity index (χ0v) is 15.6. The first-order valence-corrected chi connectivity index (χ1v) is 8.46. The van der Waals surface area contributed by atoms with Gasteiger partial charge in [-0.05, 0) is 37.1 Å². The normalized spacial score (nSPS) is 11.8. The van der Waals surface area contributed by atoms with Crippen molar-refractivity contribution in [2.45, 2.75) is 19.5 Å². The molecule has 0 bridgehead atoms. The highest BCUT2D eigenvalue weighted by atomic mass is 19.4. The average Bonchev–Trinajstić information content (AvgIpc) is 3.12. The fourth-order valence-corrected chi connectivity index (χ4v) is 2.72. The first kappa shape index (κ1) is 19.9. The van der Waals surface area contributed by atoms with Crippen LogP contribution in [0, 0.1) is 6.92 Å². The largest absolute Gasteiger partial charge is 0.497 e. The number of aromatic nitrogens is 3. The molecule has 0 saturated heterocycles. The predicted octanol–water partition coefficient (Wildman–Crippen LogP) is 4.07. The van der Waals surface area contributed by atoms with Crippen LogP contribution < -0.4 is 10.1 Å². The van der Waals surface area contributed by atoms with E-state index in [1.807, 2.05) is 0 Å². The Morgan fingerprint density at radius 2 is 1.93 bits per heavy atom. The number of halogens is 3. The smallest absolute Gasteiger partial charge is 0.418 e. The van der Waals surface area contributed by atoms with Gasteiger partial charge in [0.1, 0.15) is 11.4 Å². The summed E-state index contributed by atoms with van der Waals surface area (Å²) in [5, 5.41) is 11.0. The van der Waals surface area contributed by atoms with Gasteiger partial charge in [-0.1, -0.05) is 5.10 Å². The number of hydrogen-bond donors (Lipinski definition) is 1. The molecular formula is C18H19F3N4O3. The highest BCUT2D eigenvalue weighted by Crippen LogP contribution is 2.38. The molecule has 0 fully saturated rings. The van der Waals surface area contributed by atoms with Crippen molar-refractivity contribution in [3.63, 3.8) is 0 Å². The molecule has 2 heterocycles. The molecule has 28 heavy (non-hydrogen) atoms. The number of methoxy groups -OCH3 is 2. The molecule has 0 spiro atoms. The topological polar surface area (TPSA) is 82.3 Å². The number of hydrogen-bond acceptors (Lipinski definition) is 7. The number of benzene rings is 1. The summed E-state index contributed by atoms with van der Waals surface area (Å²) in [5.41, 5.74) is -0.337. The van der Waals surface area contributed by atoms with Gasteiger partial charge in [0.05, 0.1) is 18.2 Å². The Morgan fingerprint density at radius 1 is 1.14 bits per heavy atom. The molecule has 3 rings (SSSR count). The minimum Gasteiger partial charge on any atom is -0.497 e. The summed E-state index contributed by atoms with van der Waals surface area (Å²) in [4.78, 5) is 4.15. The second-order valence-corrected chi connectivity index (χ2v) is 6.08. The summed E-state index contributed by atoms with van der Waals surface area (Å²) in [7, 11) is 2.92. The van der Waals surface area contributed by atoms with Crippen LogP contribution in [0.4, 0.5) is 19.2 Å². The van der Waals surface area contributed by atoms with Gasteiger partial charge in [0.15, 0.2) is 0 Å². The molecule has 1 aromatic carbocycles. The molecule has 10 heteroatoms. The van der Waals surface area contributed by atoms with E-state index in [0.29, 0.717) is 24.1 Å². The highest BCUT2D eigenvalue weighted by Gasteiger charge is 2.34. The first-order valence-electron chi connectivity index (χ1n) is 8.46. The molecule has 0 unspecified atom stereocenters. The number of nitrogens with one attached hydrogen (secondary N) is 1. The Balaban J connectivity index is 2.01. The second kappa shape index (κ2) is 8.01. The molecule has 0 aliphatic rings. The molecule has 0 atom stereocenters. The van der Waals surface area contributed by atoms with Gasteiger partial charge < -0.3 is 19.2 Å². The van der Waals surface area contributed by atoms with E-state index in [9.17, 15) is 13.2 Å². The summed E-state index contributed by atoms with van der Waals surface area (Å²) in [6.07, 6.45) is -3.86. The Morgan fingerprint density at radius 3 is 2.61 bits per heavy atom. The third kappa shape index (κ3) is 4.16. The number of alkyl halides is 3. The summed E-state index contributed by atoms with van der Waals surface area (Å²) in [6, 6.07) is 4.21. The van der Waals surface area contributed by atoms with Gasteiger partial charge in [0.2, 0.25) is 0 Å². The molecule has 0 amide bonds. The van der Waals surface area contributed by atoms with Gasteiger partial charge in [0.25, 0.3) is 5.89 Å². The predicted molar refractivity (Wildman–Crippen MR) is 96.3 cm³/mol. The van der Waals surface area contributed by atoms with Gasteiger partial charge in [-0.25, -0.2) is 4.98 Å². The minimum absolute atomic E-state index is 0.0307. The monoisotopic (exact) mass is 396 g/mol. The molecule has 0 saturated carbocycles. The van der Waals surface area contributed by atoms with Crippen molar-refractivity contribution in [1.82, 2.24) is 15.2 Å². The van der Waals surface area contributed by atoms with Crippen molar-refractivity contribution in [2.24, 2.45) is 0 Å². The Labute approximate surface area is 158 Å². The van der Waals surface area contributed by atoms with E-state index in [2.05, 4.69) is 20.5 Å². The number of pyridine rings is 1. The average molecular weight is 396 g/mol. The zero-order valence-electron chi connectivity index (χ0n) is 15.6. The van der Waals surface area contributed by atoms with Gasteiger partial charge in [-0.15, -0.1) is 5.10 Å². The standard InChI is InChI=1S/C18H19F3N4O3/c1-10-7-14(16-24-25-17(28-16)22-5-4-6-26-2)23-15-12(10)8-11(27-3)9-13(15)18(19,20)21/h7-9H,4-6H2,1-3H3,(H,22,25). The van der Waals surface area contributed by atoms with E-state index in [1.165, 1.54) is 13.2 Å². The maximum Gasteiger partial charge on any atom is 0.418 e. The van der Waals surface area contributed by atoms with Crippen LogP contribution in [0.3, 0.4) is 0 Å². The summed E-state index contributed by atoms with van der Waals surface area (Å²) in [6.45, 7) is 2.81. The van der Waals surface area contributed by atoms with Crippen molar-refractivity contribution in [3.05, 3.63) is 29.3 Å². The van der Waals surface area contributed by atoms with Crippen LogP contribution in [0.5, 0.6) is 5.75 Å². The van der Waals surface area contributed by atoms with E-state index in [-0.39, 0.29) is 28.9 Å². The first-order chi connectivity index (χ1) is 13.3. The fourth-order valence-electron chi connectivity index (χ4n) is 2.72. The molecule has 7 nitrogen and oxygen atoms in total. The van der Waals surface area contributed by atoms with E-state index in [4.69, 9.17) is 13.9 Å². The molecule has 0 aliphatic carbocycles. The zero-order chi connectivity index (χ0) is 20.3. The highest BCUT2D eigenvalue weighted by molar-refractivity contribution is 5.88. The van der Waals surface area contributed by atoms with Crippen molar-refractivity contribution in [3.8, 4) is 17.3 Å². The molecule has 2 aromatic heterocycles.